The van der Waals surface area contributed by atoms with Crippen molar-refractivity contribution < 1.29 is 0 Å². The van der Waals surface area contributed by atoms with Crippen LogP contribution in [0.15, 0.2) is 16.6 Å². The Balaban J connectivity index is 2.86. The van der Waals surface area contributed by atoms with Gasteiger partial charge in [0.15, 0.2) is 0 Å². The highest BCUT2D eigenvalue weighted by atomic mass is 79.9. The van der Waals surface area contributed by atoms with Gasteiger partial charge in [-0.05, 0) is 49.6 Å². The van der Waals surface area contributed by atoms with Crippen LogP contribution in [0.4, 0.5) is 5.82 Å². The van der Waals surface area contributed by atoms with E-state index < -0.39 is 0 Å². The quantitative estimate of drug-likeness (QED) is 0.854. The number of fused-ring (bicyclic) bond motifs is 1. The number of nitrogens with one attached hydrogen (secondary N) is 1. The predicted molar refractivity (Wildman–Crippen MR) is 73.2 cm³/mol. The van der Waals surface area contributed by atoms with Crippen LogP contribution in [0.5, 0.6) is 0 Å². The second kappa shape index (κ2) is 4.06. The van der Waals surface area contributed by atoms with Gasteiger partial charge in [0.1, 0.15) is 5.82 Å². The molecule has 0 aliphatic carbocycles. The molecule has 0 aliphatic rings. The van der Waals surface area contributed by atoms with Gasteiger partial charge in [-0.1, -0.05) is 15.9 Å². The molecule has 1 aromatic carbocycles. The summed E-state index contributed by atoms with van der Waals surface area (Å²) in [5, 5.41) is 4.33. The van der Waals surface area contributed by atoms with E-state index in [1.165, 1.54) is 26.5 Å². The molecular weight excluding hydrogens is 264 g/mol. The lowest BCUT2D eigenvalue weighted by molar-refractivity contribution is 1.27. The molecule has 16 heavy (non-hydrogen) atoms. The molecule has 1 N–H and O–H groups in total. The molecule has 0 aliphatic heterocycles. The lowest BCUT2D eigenvalue weighted by atomic mass is 10.0. The molecule has 2 aromatic rings. The first-order chi connectivity index (χ1) is 7.54. The van der Waals surface area contributed by atoms with Gasteiger partial charge in [0.05, 0.1) is 5.52 Å². The lowest BCUT2D eigenvalue weighted by Gasteiger charge is -2.11. The first-order valence-electron chi connectivity index (χ1n) is 5.29. The fourth-order valence-corrected chi connectivity index (χ4v) is 2.30. The number of nitrogens with zero attached hydrogens (tertiary/aromatic N) is 1. The summed E-state index contributed by atoms with van der Waals surface area (Å²) in [4.78, 5) is 4.62. The van der Waals surface area contributed by atoms with Crippen molar-refractivity contribution in [2.45, 2.75) is 20.8 Å². The number of pyridine rings is 1. The van der Waals surface area contributed by atoms with Crippen LogP contribution in [0.1, 0.15) is 16.7 Å². The van der Waals surface area contributed by atoms with Gasteiger partial charge in [-0.25, -0.2) is 4.98 Å². The number of rotatable bonds is 1. The second-order valence-electron chi connectivity index (χ2n) is 4.10. The molecule has 2 nitrogen and oxygen atoms in total. The van der Waals surface area contributed by atoms with E-state index in [-0.39, 0.29) is 0 Å². The molecule has 0 fully saturated rings. The largest absolute Gasteiger partial charge is 0.373 e. The zero-order valence-electron chi connectivity index (χ0n) is 9.98. The molecule has 0 atom stereocenters. The Morgan fingerprint density at radius 1 is 1.12 bits per heavy atom. The van der Waals surface area contributed by atoms with E-state index in [1.807, 2.05) is 7.05 Å². The summed E-state index contributed by atoms with van der Waals surface area (Å²) in [5.41, 5.74) is 4.71. The van der Waals surface area contributed by atoms with E-state index in [0.29, 0.717) is 0 Å². The van der Waals surface area contributed by atoms with E-state index in [9.17, 15) is 0 Å². The Labute approximate surface area is 104 Å². The Bertz CT molecular complexity index is 562. The van der Waals surface area contributed by atoms with Crippen LogP contribution in [0.2, 0.25) is 0 Å². The first-order valence-corrected chi connectivity index (χ1v) is 6.08. The summed E-state index contributed by atoms with van der Waals surface area (Å²) < 4.78 is 1.18. The number of aryl methyl sites for hydroxylation is 3. The van der Waals surface area contributed by atoms with Gasteiger partial charge in [-0.15, -0.1) is 0 Å². The van der Waals surface area contributed by atoms with E-state index in [1.54, 1.807) is 0 Å². The molecule has 0 unspecified atom stereocenters. The number of benzene rings is 1. The van der Waals surface area contributed by atoms with E-state index in [2.05, 4.69) is 59.1 Å². The number of halogens is 1. The van der Waals surface area contributed by atoms with Crippen molar-refractivity contribution in [3.05, 3.63) is 33.3 Å². The smallest absolute Gasteiger partial charge is 0.129 e. The van der Waals surface area contributed by atoms with E-state index in [4.69, 9.17) is 0 Å². The van der Waals surface area contributed by atoms with E-state index in [0.717, 1.165) is 11.3 Å². The second-order valence-corrected chi connectivity index (χ2v) is 4.90. The molecule has 2 rings (SSSR count). The molecule has 0 bridgehead atoms. The molecule has 84 valence electrons. The van der Waals surface area contributed by atoms with Gasteiger partial charge < -0.3 is 5.32 Å². The maximum Gasteiger partial charge on any atom is 0.129 e. The van der Waals surface area contributed by atoms with Crippen LogP contribution >= 0.6 is 15.9 Å². The highest BCUT2D eigenvalue weighted by Crippen LogP contribution is 2.30. The minimum atomic E-state index is 0.952. The third-order valence-electron chi connectivity index (χ3n) is 2.91. The van der Waals surface area contributed by atoms with Crippen LogP contribution in [-0.4, -0.2) is 12.0 Å². The fourth-order valence-electron chi connectivity index (χ4n) is 1.97. The Kier molecular flexibility index (Phi) is 2.89. The SMILES string of the molecule is CNc1nc2cc(C)c(Br)c(C)c2cc1C. The van der Waals surface area contributed by atoms with Crippen molar-refractivity contribution in [3.8, 4) is 0 Å². The normalized spacial score (nSPS) is 10.8. The number of anilines is 1. The topological polar surface area (TPSA) is 24.9 Å². The molecule has 1 aromatic heterocycles. The Morgan fingerprint density at radius 2 is 1.81 bits per heavy atom. The number of aromatic nitrogens is 1. The molecular formula is C13H15BrN2. The minimum absolute atomic E-state index is 0.952. The summed E-state index contributed by atoms with van der Waals surface area (Å²) >= 11 is 3.62. The third-order valence-corrected chi connectivity index (χ3v) is 4.13. The molecule has 0 spiro atoms. The highest BCUT2D eigenvalue weighted by molar-refractivity contribution is 9.10. The van der Waals surface area contributed by atoms with Gasteiger partial charge >= 0.3 is 0 Å². The fraction of sp³-hybridized carbons (Fsp3) is 0.308. The van der Waals surface area contributed by atoms with Crippen molar-refractivity contribution in [1.29, 1.82) is 0 Å². The summed E-state index contributed by atoms with van der Waals surface area (Å²) in [6.45, 7) is 6.29. The maximum absolute atomic E-state index is 4.62. The maximum atomic E-state index is 4.62. The zero-order chi connectivity index (χ0) is 11.9. The minimum Gasteiger partial charge on any atom is -0.373 e. The summed E-state index contributed by atoms with van der Waals surface area (Å²) in [5.74, 6) is 0.952. The van der Waals surface area contributed by atoms with Gasteiger partial charge in [0.2, 0.25) is 0 Å². The van der Waals surface area contributed by atoms with Crippen LogP contribution in [0, 0.1) is 20.8 Å². The highest BCUT2D eigenvalue weighted by Gasteiger charge is 2.08. The molecule has 0 saturated carbocycles. The van der Waals surface area contributed by atoms with E-state index >= 15 is 0 Å². The molecule has 0 saturated heterocycles. The Hall–Kier alpha value is -1.09. The third kappa shape index (κ3) is 1.69. The van der Waals surface area contributed by atoms with Crippen molar-refractivity contribution in [2.24, 2.45) is 0 Å². The standard InChI is InChI=1S/C13H15BrN2/c1-7-6-11-10(9(3)12(7)14)5-8(2)13(15-4)16-11/h5-6H,1-4H3,(H,15,16). The first kappa shape index (κ1) is 11.4. The molecule has 0 radical (unpaired) electrons. The predicted octanol–water partition coefficient (Wildman–Crippen LogP) is 3.96. The molecule has 1 heterocycles. The summed E-state index contributed by atoms with van der Waals surface area (Å²) in [6.07, 6.45) is 0. The van der Waals surface area contributed by atoms with Gasteiger partial charge in [-0.2, -0.15) is 0 Å². The molecule has 3 heteroatoms. The van der Waals surface area contributed by atoms with Crippen molar-refractivity contribution in [2.75, 3.05) is 12.4 Å². The average molecular weight is 279 g/mol. The monoisotopic (exact) mass is 278 g/mol. The van der Waals surface area contributed by atoms with Gasteiger partial charge in [0.25, 0.3) is 0 Å². The average Bonchev–Trinajstić information content (AvgIpc) is 2.27. The number of hydrogen-bond donors (Lipinski definition) is 1. The zero-order valence-corrected chi connectivity index (χ0v) is 11.6. The Morgan fingerprint density at radius 3 is 2.44 bits per heavy atom. The number of hydrogen-bond acceptors (Lipinski definition) is 2. The van der Waals surface area contributed by atoms with Gasteiger partial charge in [0, 0.05) is 16.9 Å². The van der Waals surface area contributed by atoms with Crippen LogP contribution in [0.25, 0.3) is 10.9 Å². The van der Waals surface area contributed by atoms with Gasteiger partial charge in [-0.3, -0.25) is 0 Å². The van der Waals surface area contributed by atoms with Crippen LogP contribution in [0.3, 0.4) is 0 Å². The van der Waals surface area contributed by atoms with Crippen molar-refractivity contribution in [1.82, 2.24) is 4.98 Å². The van der Waals surface area contributed by atoms with Crippen molar-refractivity contribution >= 4 is 32.7 Å². The van der Waals surface area contributed by atoms with Crippen LogP contribution in [-0.2, 0) is 0 Å². The lowest BCUT2D eigenvalue weighted by Crippen LogP contribution is -1.97. The van der Waals surface area contributed by atoms with Crippen molar-refractivity contribution in [3.63, 3.8) is 0 Å². The summed E-state index contributed by atoms with van der Waals surface area (Å²) in [6, 6.07) is 4.31. The summed E-state index contributed by atoms with van der Waals surface area (Å²) in [7, 11) is 1.90. The van der Waals surface area contributed by atoms with Crippen LogP contribution < -0.4 is 5.32 Å². The molecule has 0 amide bonds.